The SMILES string of the molecule is C[C@@H]1C/C(=C\c2ccc(Cl)cc2)C2=NN(C(=O)c3ccc(N4CCCCC4)c([N+](=O)[O-])c3)[C@@H](c3ccc(Cl)cc3)[C@H]2C1. The van der Waals surface area contributed by atoms with Crippen LogP contribution in [0.15, 0.2) is 77.4 Å². The number of nitro benzene ring substituents is 1. The van der Waals surface area contributed by atoms with Crippen molar-refractivity contribution < 1.29 is 9.72 Å². The van der Waals surface area contributed by atoms with Crippen LogP contribution in [0.2, 0.25) is 10.0 Å². The number of benzene rings is 3. The lowest BCUT2D eigenvalue weighted by Gasteiger charge is -2.32. The Balaban J connectivity index is 1.41. The molecule has 3 aromatic rings. The number of nitro groups is 1. The molecule has 0 N–H and O–H groups in total. The van der Waals surface area contributed by atoms with Gasteiger partial charge >= 0.3 is 0 Å². The normalized spacial score (nSPS) is 23.1. The Labute approximate surface area is 255 Å². The number of rotatable bonds is 5. The van der Waals surface area contributed by atoms with E-state index in [-0.39, 0.29) is 34.0 Å². The molecule has 2 aliphatic heterocycles. The van der Waals surface area contributed by atoms with Crippen LogP contribution in [0.1, 0.15) is 66.6 Å². The van der Waals surface area contributed by atoms with Gasteiger partial charge in [-0.3, -0.25) is 14.9 Å². The van der Waals surface area contributed by atoms with Crippen LogP contribution in [0, 0.1) is 22.0 Å². The van der Waals surface area contributed by atoms with Crippen LogP contribution in [0.4, 0.5) is 11.4 Å². The predicted octanol–water partition coefficient (Wildman–Crippen LogP) is 8.57. The zero-order valence-corrected chi connectivity index (χ0v) is 24.9. The Kier molecular flexibility index (Phi) is 8.06. The minimum Gasteiger partial charge on any atom is -0.366 e. The lowest BCUT2D eigenvalue weighted by molar-refractivity contribution is -0.384. The van der Waals surface area contributed by atoms with Crippen molar-refractivity contribution in [2.24, 2.45) is 16.9 Å². The molecule has 7 nitrogen and oxygen atoms in total. The summed E-state index contributed by atoms with van der Waals surface area (Å²) in [6.45, 7) is 3.77. The Morgan fingerprint density at radius 1 is 0.976 bits per heavy atom. The molecule has 42 heavy (non-hydrogen) atoms. The van der Waals surface area contributed by atoms with E-state index < -0.39 is 0 Å². The predicted molar refractivity (Wildman–Crippen MR) is 168 cm³/mol. The molecule has 0 spiro atoms. The fourth-order valence-electron chi connectivity index (χ4n) is 6.55. The maximum atomic E-state index is 14.2. The first-order valence-corrected chi connectivity index (χ1v) is 15.2. The van der Waals surface area contributed by atoms with Gasteiger partial charge in [-0.05, 0) is 97.2 Å². The number of hydrogen-bond donors (Lipinski definition) is 0. The van der Waals surface area contributed by atoms with Gasteiger partial charge in [0.05, 0.1) is 16.7 Å². The third-order valence-corrected chi connectivity index (χ3v) is 9.02. The molecule has 6 rings (SSSR count). The second-order valence-corrected chi connectivity index (χ2v) is 12.4. The quantitative estimate of drug-likeness (QED) is 0.216. The van der Waals surface area contributed by atoms with Crippen LogP contribution in [-0.4, -0.2) is 34.6 Å². The van der Waals surface area contributed by atoms with Gasteiger partial charge in [-0.15, -0.1) is 0 Å². The maximum absolute atomic E-state index is 14.2. The van der Waals surface area contributed by atoms with E-state index in [1.807, 2.05) is 53.4 Å². The number of allylic oxidation sites excluding steroid dienone is 1. The number of amides is 1. The number of nitrogens with zero attached hydrogens (tertiary/aromatic N) is 4. The molecular weight excluding hydrogens is 571 g/mol. The van der Waals surface area contributed by atoms with Crippen LogP contribution < -0.4 is 4.90 Å². The molecule has 0 aromatic heterocycles. The molecule has 2 fully saturated rings. The van der Waals surface area contributed by atoms with Crippen molar-refractivity contribution in [2.75, 3.05) is 18.0 Å². The highest BCUT2D eigenvalue weighted by Crippen LogP contribution is 2.47. The fourth-order valence-corrected chi connectivity index (χ4v) is 6.80. The lowest BCUT2D eigenvalue weighted by Crippen LogP contribution is -2.33. The van der Waals surface area contributed by atoms with Crippen molar-refractivity contribution in [3.8, 4) is 0 Å². The number of anilines is 1. The van der Waals surface area contributed by atoms with E-state index in [2.05, 4.69) is 13.0 Å². The zero-order chi connectivity index (χ0) is 29.4. The molecule has 0 radical (unpaired) electrons. The minimum absolute atomic E-state index is 0.0277. The summed E-state index contributed by atoms with van der Waals surface area (Å²) in [6.07, 6.45) is 6.94. The van der Waals surface area contributed by atoms with Gasteiger partial charge in [0.15, 0.2) is 0 Å². The number of carbonyl (C=O) groups excluding carboxylic acids is 1. The summed E-state index contributed by atoms with van der Waals surface area (Å²) in [5.41, 5.74) is 4.68. The molecule has 9 heteroatoms. The molecule has 1 amide bonds. The lowest BCUT2D eigenvalue weighted by atomic mass is 9.73. The summed E-state index contributed by atoms with van der Waals surface area (Å²) < 4.78 is 0. The van der Waals surface area contributed by atoms with Gasteiger partial charge in [-0.1, -0.05) is 54.4 Å². The van der Waals surface area contributed by atoms with E-state index in [1.165, 1.54) is 11.1 Å². The molecular formula is C33H32Cl2N4O3. The van der Waals surface area contributed by atoms with Crippen molar-refractivity contribution >= 4 is 52.3 Å². The second kappa shape index (κ2) is 11.9. The van der Waals surface area contributed by atoms with Crippen LogP contribution >= 0.6 is 23.2 Å². The molecule has 1 saturated heterocycles. The molecule has 3 aliphatic rings. The van der Waals surface area contributed by atoms with Crippen molar-refractivity contribution in [1.29, 1.82) is 0 Å². The smallest absolute Gasteiger partial charge is 0.293 e. The summed E-state index contributed by atoms with van der Waals surface area (Å²) in [7, 11) is 0. The first-order chi connectivity index (χ1) is 20.3. The first-order valence-electron chi connectivity index (χ1n) is 14.5. The van der Waals surface area contributed by atoms with E-state index in [0.29, 0.717) is 21.7 Å². The van der Waals surface area contributed by atoms with Crippen LogP contribution in [-0.2, 0) is 0 Å². The average molecular weight is 604 g/mol. The van der Waals surface area contributed by atoms with Crippen LogP contribution in [0.5, 0.6) is 0 Å². The number of hydrogen-bond acceptors (Lipinski definition) is 5. The third kappa shape index (κ3) is 5.68. The summed E-state index contributed by atoms with van der Waals surface area (Å²) in [4.78, 5) is 28.0. The summed E-state index contributed by atoms with van der Waals surface area (Å²) in [5.74, 6) is -0.00839. The summed E-state index contributed by atoms with van der Waals surface area (Å²) >= 11 is 12.3. The molecule has 1 aliphatic carbocycles. The average Bonchev–Trinajstić information content (AvgIpc) is 3.38. The van der Waals surface area contributed by atoms with E-state index >= 15 is 0 Å². The van der Waals surface area contributed by atoms with Crippen molar-refractivity contribution in [1.82, 2.24) is 5.01 Å². The molecule has 3 atom stereocenters. The van der Waals surface area contributed by atoms with Gasteiger partial charge < -0.3 is 4.90 Å². The van der Waals surface area contributed by atoms with Gasteiger partial charge in [0.25, 0.3) is 11.6 Å². The third-order valence-electron chi connectivity index (χ3n) is 8.51. The van der Waals surface area contributed by atoms with Gasteiger partial charge in [0, 0.05) is 40.7 Å². The molecule has 3 aromatic carbocycles. The Bertz CT molecular complexity index is 1560. The minimum atomic E-state index is -0.387. The summed E-state index contributed by atoms with van der Waals surface area (Å²) in [6, 6.07) is 19.7. The molecule has 216 valence electrons. The highest BCUT2D eigenvalue weighted by atomic mass is 35.5. The Hall–Kier alpha value is -3.68. The number of fused-ring (bicyclic) bond motifs is 1. The number of piperidine rings is 1. The van der Waals surface area contributed by atoms with Crippen molar-refractivity contribution in [3.05, 3.63) is 109 Å². The Morgan fingerprint density at radius 3 is 2.31 bits per heavy atom. The second-order valence-electron chi connectivity index (χ2n) is 11.5. The van der Waals surface area contributed by atoms with E-state index in [0.717, 1.165) is 67.6 Å². The van der Waals surface area contributed by atoms with Crippen molar-refractivity contribution in [2.45, 2.75) is 45.1 Å². The van der Waals surface area contributed by atoms with Gasteiger partial charge in [0.2, 0.25) is 0 Å². The zero-order valence-electron chi connectivity index (χ0n) is 23.4. The van der Waals surface area contributed by atoms with Gasteiger partial charge in [0.1, 0.15) is 5.69 Å². The maximum Gasteiger partial charge on any atom is 0.293 e. The number of halogens is 2. The molecule has 0 unspecified atom stereocenters. The number of carbonyl (C=O) groups is 1. The van der Waals surface area contributed by atoms with E-state index in [9.17, 15) is 14.9 Å². The van der Waals surface area contributed by atoms with Gasteiger partial charge in [-0.25, -0.2) is 5.01 Å². The highest BCUT2D eigenvalue weighted by molar-refractivity contribution is 6.30. The number of hydrazone groups is 1. The van der Waals surface area contributed by atoms with Crippen molar-refractivity contribution in [3.63, 3.8) is 0 Å². The summed E-state index contributed by atoms with van der Waals surface area (Å²) in [5, 5.41) is 20.0. The Morgan fingerprint density at radius 2 is 1.64 bits per heavy atom. The van der Waals surface area contributed by atoms with Crippen LogP contribution in [0.25, 0.3) is 6.08 Å². The topological polar surface area (TPSA) is 79.0 Å². The van der Waals surface area contributed by atoms with E-state index in [1.54, 1.807) is 12.1 Å². The first kappa shape index (κ1) is 28.4. The van der Waals surface area contributed by atoms with E-state index in [4.69, 9.17) is 28.3 Å². The van der Waals surface area contributed by atoms with Gasteiger partial charge in [-0.2, -0.15) is 5.10 Å². The molecule has 1 saturated carbocycles. The largest absolute Gasteiger partial charge is 0.366 e. The molecule has 0 bridgehead atoms. The fraction of sp³-hybridized carbons (Fsp3) is 0.333. The van der Waals surface area contributed by atoms with Crippen LogP contribution in [0.3, 0.4) is 0 Å². The molecule has 2 heterocycles. The monoisotopic (exact) mass is 602 g/mol. The highest BCUT2D eigenvalue weighted by Gasteiger charge is 2.45. The standard InChI is InChI=1S/C33H32Cl2N4O3/c1-21-17-25(19-22-5-10-26(34)11-6-22)31-28(18-21)32(23-7-12-27(35)13-8-23)38(36-31)33(40)24-9-14-29(30(20-24)39(41)42)37-15-3-2-4-16-37/h5-14,19-21,28,32H,2-4,15-18H2,1H3/b25-19+/t21-,28+,32+/m1/s1.